The van der Waals surface area contributed by atoms with Crippen molar-refractivity contribution in [2.75, 3.05) is 32.8 Å². The summed E-state index contributed by atoms with van der Waals surface area (Å²) >= 11 is 0. The SMILES string of the molecule is CC(O)N(C(C)O)C1CCCCCCCC(=O)[C@@H](CN2CCOCC2)[C@](O)(c2ccccc2)NC1=O. The molecule has 36 heavy (non-hydrogen) atoms. The summed E-state index contributed by atoms with van der Waals surface area (Å²) in [5, 5.41) is 35.9. The van der Waals surface area contributed by atoms with Gasteiger partial charge in [-0.05, 0) is 26.7 Å². The van der Waals surface area contributed by atoms with Crippen molar-refractivity contribution in [2.45, 2.75) is 83.0 Å². The van der Waals surface area contributed by atoms with Crippen molar-refractivity contribution in [3.8, 4) is 0 Å². The summed E-state index contributed by atoms with van der Waals surface area (Å²) in [7, 11) is 0. The van der Waals surface area contributed by atoms with Crippen LogP contribution in [0.1, 0.15) is 64.4 Å². The highest BCUT2D eigenvalue weighted by Crippen LogP contribution is 2.32. The van der Waals surface area contributed by atoms with E-state index in [2.05, 4.69) is 10.2 Å². The van der Waals surface area contributed by atoms with Crippen molar-refractivity contribution < 1.29 is 29.6 Å². The Balaban J connectivity index is 2.04. The number of Topliss-reactive ketones (excluding diaryl/α,β-unsaturated/α-hetero) is 1. The van der Waals surface area contributed by atoms with Crippen molar-refractivity contribution in [1.82, 2.24) is 15.1 Å². The highest BCUT2D eigenvalue weighted by atomic mass is 16.5. The van der Waals surface area contributed by atoms with Crippen LogP contribution in [0.4, 0.5) is 0 Å². The third-order valence-electron chi connectivity index (χ3n) is 7.39. The average Bonchev–Trinajstić information content (AvgIpc) is 2.86. The molecule has 9 nitrogen and oxygen atoms in total. The Morgan fingerprint density at radius 3 is 2.28 bits per heavy atom. The van der Waals surface area contributed by atoms with E-state index >= 15 is 0 Å². The fourth-order valence-electron chi connectivity index (χ4n) is 5.42. The Kier molecular flexibility index (Phi) is 10.8. The first-order valence-corrected chi connectivity index (χ1v) is 13.3. The van der Waals surface area contributed by atoms with Crippen LogP contribution in [0.2, 0.25) is 0 Å². The predicted molar refractivity (Wildman–Crippen MR) is 136 cm³/mol. The number of amides is 1. The van der Waals surface area contributed by atoms with Gasteiger partial charge in [-0.3, -0.25) is 14.5 Å². The first-order valence-electron chi connectivity index (χ1n) is 13.3. The van der Waals surface area contributed by atoms with Gasteiger partial charge < -0.3 is 25.4 Å². The van der Waals surface area contributed by atoms with Gasteiger partial charge in [-0.15, -0.1) is 0 Å². The van der Waals surface area contributed by atoms with Crippen LogP contribution < -0.4 is 5.32 Å². The maximum absolute atomic E-state index is 13.8. The molecule has 0 aliphatic carbocycles. The molecule has 1 amide bonds. The predicted octanol–water partition coefficient (Wildman–Crippen LogP) is 1.56. The Bertz CT molecular complexity index is 822. The van der Waals surface area contributed by atoms with Crippen molar-refractivity contribution in [3.05, 3.63) is 35.9 Å². The highest BCUT2D eigenvalue weighted by Gasteiger charge is 2.46. The van der Waals surface area contributed by atoms with E-state index in [1.54, 1.807) is 24.3 Å². The molecule has 0 spiro atoms. The largest absolute Gasteiger partial charge is 0.379 e. The zero-order valence-corrected chi connectivity index (χ0v) is 21.6. The van der Waals surface area contributed by atoms with E-state index in [4.69, 9.17) is 4.74 Å². The van der Waals surface area contributed by atoms with Crippen LogP contribution in [-0.4, -0.2) is 88.2 Å². The zero-order chi connectivity index (χ0) is 26.1. The van der Waals surface area contributed by atoms with E-state index in [1.807, 2.05) is 6.07 Å². The number of ketones is 1. The summed E-state index contributed by atoms with van der Waals surface area (Å²) in [5.74, 6) is -1.51. The van der Waals surface area contributed by atoms with Crippen molar-refractivity contribution in [3.63, 3.8) is 0 Å². The lowest BCUT2D eigenvalue weighted by atomic mass is 9.82. The second-order valence-corrected chi connectivity index (χ2v) is 10.1. The smallest absolute Gasteiger partial charge is 0.240 e. The number of nitrogens with one attached hydrogen (secondary N) is 1. The highest BCUT2D eigenvalue weighted by molar-refractivity contribution is 5.86. The fourth-order valence-corrected chi connectivity index (χ4v) is 5.42. The average molecular weight is 506 g/mol. The molecule has 2 aliphatic heterocycles. The maximum Gasteiger partial charge on any atom is 0.240 e. The molecule has 2 fully saturated rings. The number of hydrogen-bond acceptors (Lipinski definition) is 8. The summed E-state index contributed by atoms with van der Waals surface area (Å²) in [6, 6.07) is 7.92. The number of carbonyl (C=O) groups is 2. The Morgan fingerprint density at radius 1 is 1.03 bits per heavy atom. The summed E-state index contributed by atoms with van der Waals surface area (Å²) in [6.07, 6.45) is 2.75. The molecule has 4 N–H and O–H groups in total. The molecule has 9 heteroatoms. The van der Waals surface area contributed by atoms with E-state index in [9.17, 15) is 24.9 Å². The molecule has 0 radical (unpaired) electrons. The molecule has 5 atom stereocenters. The van der Waals surface area contributed by atoms with Gasteiger partial charge in [0, 0.05) is 31.6 Å². The minimum Gasteiger partial charge on any atom is -0.379 e. The first kappa shape index (κ1) is 28.7. The van der Waals surface area contributed by atoms with Crippen LogP contribution in [0, 0.1) is 5.92 Å². The van der Waals surface area contributed by atoms with Gasteiger partial charge in [-0.25, -0.2) is 4.90 Å². The molecule has 0 bridgehead atoms. The molecule has 1 aromatic rings. The molecule has 1 aromatic carbocycles. The quantitative estimate of drug-likeness (QED) is 0.430. The van der Waals surface area contributed by atoms with Crippen LogP contribution in [0.5, 0.6) is 0 Å². The van der Waals surface area contributed by atoms with Crippen molar-refractivity contribution in [2.24, 2.45) is 5.92 Å². The Hall–Kier alpha value is -1.88. The summed E-state index contributed by atoms with van der Waals surface area (Å²) in [6.45, 7) is 5.69. The summed E-state index contributed by atoms with van der Waals surface area (Å²) in [5.41, 5.74) is -1.53. The number of hydrogen-bond donors (Lipinski definition) is 4. The first-order chi connectivity index (χ1) is 17.2. The molecule has 3 rings (SSSR count). The van der Waals surface area contributed by atoms with Gasteiger partial charge in [0.2, 0.25) is 5.91 Å². The minimum absolute atomic E-state index is 0.0909. The Labute approximate surface area is 214 Å². The summed E-state index contributed by atoms with van der Waals surface area (Å²) in [4.78, 5) is 30.9. The van der Waals surface area contributed by atoms with Gasteiger partial charge in [0.1, 0.15) is 18.2 Å². The number of carbonyl (C=O) groups excluding carboxylic acids is 2. The number of ether oxygens (including phenoxy) is 1. The molecular weight excluding hydrogens is 462 g/mol. The van der Waals surface area contributed by atoms with Crippen LogP contribution in [0.25, 0.3) is 0 Å². The third kappa shape index (κ3) is 7.34. The van der Waals surface area contributed by atoms with Crippen molar-refractivity contribution in [1.29, 1.82) is 0 Å². The second kappa shape index (κ2) is 13.6. The minimum atomic E-state index is -1.96. The van der Waals surface area contributed by atoms with Crippen LogP contribution in [0.3, 0.4) is 0 Å². The van der Waals surface area contributed by atoms with E-state index in [-0.39, 0.29) is 12.3 Å². The van der Waals surface area contributed by atoms with Gasteiger partial charge in [0.15, 0.2) is 5.72 Å². The molecule has 2 heterocycles. The molecular formula is C27H43N3O6. The van der Waals surface area contributed by atoms with E-state index in [1.165, 1.54) is 18.7 Å². The Morgan fingerprint density at radius 2 is 1.64 bits per heavy atom. The van der Waals surface area contributed by atoms with Crippen molar-refractivity contribution >= 4 is 11.7 Å². The van der Waals surface area contributed by atoms with Crippen LogP contribution >= 0.6 is 0 Å². The zero-order valence-electron chi connectivity index (χ0n) is 21.6. The maximum atomic E-state index is 13.8. The lowest BCUT2D eigenvalue weighted by Gasteiger charge is -2.42. The molecule has 2 saturated heterocycles. The standard InChI is InChI=1S/C27H43N3O6/c1-20(31)30(21(2)32)24-13-9-4-3-5-10-14-25(33)23(19-29-15-17-36-18-16-29)27(35,28-26(24)34)22-11-7-6-8-12-22/h6-8,11-12,20-21,23-24,31-32,35H,3-5,9-10,13-19H2,1-2H3,(H,28,34)/t20?,21?,23-,24?,27-/m1/s1. The summed E-state index contributed by atoms with van der Waals surface area (Å²) < 4.78 is 5.47. The number of aliphatic hydroxyl groups excluding tert-OH is 2. The number of aliphatic hydroxyl groups is 3. The molecule has 3 unspecified atom stereocenters. The fraction of sp³-hybridized carbons (Fsp3) is 0.704. The van der Waals surface area contributed by atoms with Crippen LogP contribution in [-0.2, 0) is 20.1 Å². The van der Waals surface area contributed by atoms with E-state index in [0.29, 0.717) is 44.7 Å². The third-order valence-corrected chi connectivity index (χ3v) is 7.39. The molecule has 202 valence electrons. The molecule has 0 aromatic heterocycles. The molecule has 2 aliphatic rings. The number of benzene rings is 1. The lowest BCUT2D eigenvalue weighted by Crippen LogP contribution is -2.62. The number of morpholine rings is 1. The van der Waals surface area contributed by atoms with Gasteiger partial charge >= 0.3 is 0 Å². The normalized spacial score (nSPS) is 29.5. The van der Waals surface area contributed by atoms with Gasteiger partial charge in [-0.2, -0.15) is 0 Å². The van der Waals surface area contributed by atoms with Gasteiger partial charge in [0.05, 0.1) is 25.2 Å². The van der Waals surface area contributed by atoms with E-state index in [0.717, 1.165) is 32.1 Å². The second-order valence-electron chi connectivity index (χ2n) is 10.1. The molecule has 0 saturated carbocycles. The van der Waals surface area contributed by atoms with E-state index < -0.39 is 36.0 Å². The number of nitrogens with zero attached hydrogens (tertiary/aromatic N) is 2. The number of rotatable bonds is 6. The van der Waals surface area contributed by atoms with Crippen LogP contribution in [0.15, 0.2) is 30.3 Å². The lowest BCUT2D eigenvalue weighted by molar-refractivity contribution is -0.161. The topological polar surface area (TPSA) is 123 Å². The monoisotopic (exact) mass is 505 g/mol. The van der Waals surface area contributed by atoms with Gasteiger partial charge in [0.25, 0.3) is 0 Å². The van der Waals surface area contributed by atoms with Gasteiger partial charge in [-0.1, -0.05) is 56.0 Å².